The molecular weight excluding hydrogens is 314 g/mol. The minimum absolute atomic E-state index is 0.0268. The summed E-state index contributed by atoms with van der Waals surface area (Å²) in [6.07, 6.45) is 5.81. The van der Waals surface area contributed by atoms with Gasteiger partial charge >= 0.3 is 6.03 Å². The predicted molar refractivity (Wildman–Crippen MR) is 97.0 cm³/mol. The highest BCUT2D eigenvalue weighted by Crippen LogP contribution is 2.24. The van der Waals surface area contributed by atoms with Gasteiger partial charge in [0.1, 0.15) is 0 Å². The van der Waals surface area contributed by atoms with E-state index in [0.717, 1.165) is 36.9 Å². The van der Waals surface area contributed by atoms with Crippen LogP contribution in [0.1, 0.15) is 43.0 Å². The Balaban J connectivity index is 1.73. The number of aromatic nitrogens is 1. The Hall–Kier alpha value is -2.40. The molecule has 1 heterocycles. The van der Waals surface area contributed by atoms with Crippen molar-refractivity contribution in [3.8, 4) is 0 Å². The van der Waals surface area contributed by atoms with Crippen LogP contribution in [0.5, 0.6) is 0 Å². The molecule has 25 heavy (non-hydrogen) atoms. The van der Waals surface area contributed by atoms with E-state index in [4.69, 9.17) is 0 Å². The second-order valence-corrected chi connectivity index (χ2v) is 6.55. The average Bonchev–Trinajstić information content (AvgIpc) is 2.68. The smallest absolute Gasteiger partial charge is 0.315 e. The number of nitrogens with one attached hydrogen (secondary N) is 2. The molecule has 1 aliphatic rings. The van der Waals surface area contributed by atoms with E-state index in [9.17, 15) is 9.90 Å². The van der Waals surface area contributed by atoms with Gasteiger partial charge in [-0.2, -0.15) is 0 Å². The maximum absolute atomic E-state index is 12.6. The van der Waals surface area contributed by atoms with E-state index in [1.54, 1.807) is 6.20 Å². The van der Waals surface area contributed by atoms with Crippen molar-refractivity contribution in [2.75, 3.05) is 6.61 Å². The normalized spacial score (nSPS) is 21.3. The SMILES string of the molecule is O=C(NC(c1ccccc1)c1ccccn1)NC1CCCCC1CO. The van der Waals surface area contributed by atoms with Crippen LogP contribution in [0.3, 0.4) is 0 Å². The number of rotatable bonds is 5. The lowest BCUT2D eigenvalue weighted by molar-refractivity contribution is 0.153. The number of urea groups is 1. The molecular formula is C20H25N3O2. The third-order valence-electron chi connectivity index (χ3n) is 4.85. The highest BCUT2D eigenvalue weighted by Gasteiger charge is 2.27. The number of aliphatic hydroxyl groups excluding tert-OH is 1. The molecule has 0 bridgehead atoms. The van der Waals surface area contributed by atoms with Gasteiger partial charge in [0.25, 0.3) is 0 Å². The van der Waals surface area contributed by atoms with Crippen LogP contribution in [0.2, 0.25) is 0 Å². The molecule has 0 spiro atoms. The van der Waals surface area contributed by atoms with E-state index < -0.39 is 0 Å². The van der Waals surface area contributed by atoms with Gasteiger partial charge in [-0.15, -0.1) is 0 Å². The fourth-order valence-corrected chi connectivity index (χ4v) is 3.48. The zero-order valence-corrected chi connectivity index (χ0v) is 14.3. The number of carbonyl (C=O) groups excluding carboxylic acids is 1. The van der Waals surface area contributed by atoms with E-state index >= 15 is 0 Å². The summed E-state index contributed by atoms with van der Waals surface area (Å²) in [6, 6.07) is 15.0. The van der Waals surface area contributed by atoms with E-state index in [-0.39, 0.29) is 30.6 Å². The summed E-state index contributed by atoms with van der Waals surface area (Å²) < 4.78 is 0. The number of hydrogen-bond donors (Lipinski definition) is 3. The summed E-state index contributed by atoms with van der Waals surface area (Å²) in [5, 5.41) is 15.6. The summed E-state index contributed by atoms with van der Waals surface area (Å²) in [5.41, 5.74) is 1.78. The first-order valence-electron chi connectivity index (χ1n) is 8.91. The molecule has 2 aromatic rings. The number of aliphatic hydroxyl groups is 1. The maximum Gasteiger partial charge on any atom is 0.315 e. The van der Waals surface area contributed by atoms with Crippen LogP contribution in [-0.4, -0.2) is 28.8 Å². The Bertz CT molecular complexity index is 624. The topological polar surface area (TPSA) is 74.2 Å². The lowest BCUT2D eigenvalue weighted by Crippen LogP contribution is -2.48. The summed E-state index contributed by atoms with van der Waals surface area (Å²) in [5.74, 6) is 0.143. The minimum Gasteiger partial charge on any atom is -0.396 e. The molecule has 3 unspecified atom stereocenters. The molecule has 0 aliphatic heterocycles. The quantitative estimate of drug-likeness (QED) is 0.784. The van der Waals surface area contributed by atoms with Gasteiger partial charge in [0, 0.05) is 24.8 Å². The Morgan fingerprint density at radius 3 is 2.60 bits per heavy atom. The summed E-state index contributed by atoms with van der Waals surface area (Å²) in [6.45, 7) is 0.118. The van der Waals surface area contributed by atoms with Crippen molar-refractivity contribution in [3.05, 3.63) is 66.0 Å². The standard InChI is InChI=1S/C20H25N3O2/c24-14-16-10-4-5-11-17(16)22-20(25)23-19(15-8-2-1-3-9-15)18-12-6-7-13-21-18/h1-3,6-9,12-13,16-17,19,24H,4-5,10-11,14H2,(H2,22,23,25). The minimum atomic E-state index is -0.307. The molecule has 1 aliphatic carbocycles. The fraction of sp³-hybridized carbons (Fsp3) is 0.400. The third kappa shape index (κ3) is 4.57. The number of hydrogen-bond acceptors (Lipinski definition) is 3. The first-order valence-corrected chi connectivity index (χ1v) is 8.91. The van der Waals surface area contributed by atoms with E-state index in [1.807, 2.05) is 48.5 Å². The number of pyridine rings is 1. The third-order valence-corrected chi connectivity index (χ3v) is 4.85. The molecule has 1 aromatic heterocycles. The second-order valence-electron chi connectivity index (χ2n) is 6.55. The Kier molecular flexibility index (Phi) is 6.01. The van der Waals surface area contributed by atoms with Gasteiger partial charge in [-0.1, -0.05) is 49.2 Å². The van der Waals surface area contributed by atoms with Crippen LogP contribution in [0.4, 0.5) is 4.79 Å². The number of nitrogens with zero attached hydrogens (tertiary/aromatic N) is 1. The van der Waals surface area contributed by atoms with E-state index in [0.29, 0.717) is 0 Å². The van der Waals surface area contributed by atoms with Gasteiger partial charge < -0.3 is 15.7 Å². The molecule has 1 fully saturated rings. The molecule has 3 N–H and O–H groups in total. The van der Waals surface area contributed by atoms with Crippen molar-refractivity contribution in [1.29, 1.82) is 0 Å². The van der Waals surface area contributed by atoms with Crippen LogP contribution >= 0.6 is 0 Å². The summed E-state index contributed by atoms with van der Waals surface area (Å²) >= 11 is 0. The second kappa shape index (κ2) is 8.62. The number of benzene rings is 1. The summed E-state index contributed by atoms with van der Waals surface area (Å²) in [7, 11) is 0. The highest BCUT2D eigenvalue weighted by molar-refractivity contribution is 5.75. The zero-order chi connectivity index (χ0) is 17.5. The predicted octanol–water partition coefficient (Wildman–Crippen LogP) is 3.02. The fourth-order valence-electron chi connectivity index (χ4n) is 3.48. The van der Waals surface area contributed by atoms with E-state index in [2.05, 4.69) is 15.6 Å². The maximum atomic E-state index is 12.6. The molecule has 2 amide bonds. The molecule has 1 saturated carbocycles. The van der Waals surface area contributed by atoms with Crippen LogP contribution in [-0.2, 0) is 0 Å². The van der Waals surface area contributed by atoms with Crippen molar-refractivity contribution in [2.24, 2.45) is 5.92 Å². The molecule has 5 nitrogen and oxygen atoms in total. The lowest BCUT2D eigenvalue weighted by Gasteiger charge is -2.31. The summed E-state index contributed by atoms with van der Waals surface area (Å²) in [4.78, 5) is 17.0. The first-order chi connectivity index (χ1) is 12.3. The van der Waals surface area contributed by atoms with Crippen LogP contribution < -0.4 is 10.6 Å². The molecule has 132 valence electrons. The number of carbonyl (C=O) groups is 1. The Morgan fingerprint density at radius 2 is 1.88 bits per heavy atom. The first kappa shape index (κ1) is 17.4. The average molecular weight is 339 g/mol. The van der Waals surface area contributed by atoms with Crippen molar-refractivity contribution < 1.29 is 9.90 Å². The van der Waals surface area contributed by atoms with Gasteiger partial charge in [0.05, 0.1) is 11.7 Å². The van der Waals surface area contributed by atoms with Gasteiger partial charge in [0.2, 0.25) is 0 Å². The van der Waals surface area contributed by atoms with Crippen LogP contribution in [0.25, 0.3) is 0 Å². The Labute approximate surface area is 148 Å². The molecule has 0 saturated heterocycles. The molecule has 5 heteroatoms. The monoisotopic (exact) mass is 339 g/mol. The highest BCUT2D eigenvalue weighted by atomic mass is 16.3. The van der Waals surface area contributed by atoms with Gasteiger partial charge in [0.15, 0.2) is 0 Å². The molecule has 0 radical (unpaired) electrons. The number of amides is 2. The van der Waals surface area contributed by atoms with Gasteiger partial charge in [-0.3, -0.25) is 4.98 Å². The molecule has 3 rings (SSSR count). The van der Waals surface area contributed by atoms with Gasteiger partial charge in [-0.25, -0.2) is 4.79 Å². The van der Waals surface area contributed by atoms with E-state index in [1.165, 1.54) is 0 Å². The van der Waals surface area contributed by atoms with Gasteiger partial charge in [-0.05, 0) is 30.5 Å². The zero-order valence-electron chi connectivity index (χ0n) is 14.3. The van der Waals surface area contributed by atoms with Crippen molar-refractivity contribution in [1.82, 2.24) is 15.6 Å². The molecule has 1 aromatic carbocycles. The van der Waals surface area contributed by atoms with Crippen LogP contribution in [0.15, 0.2) is 54.7 Å². The van der Waals surface area contributed by atoms with Crippen LogP contribution in [0, 0.1) is 5.92 Å². The van der Waals surface area contributed by atoms with Crippen molar-refractivity contribution in [2.45, 2.75) is 37.8 Å². The van der Waals surface area contributed by atoms with Crippen molar-refractivity contribution in [3.63, 3.8) is 0 Å². The molecule has 3 atom stereocenters. The largest absolute Gasteiger partial charge is 0.396 e. The lowest BCUT2D eigenvalue weighted by atomic mass is 9.85. The Morgan fingerprint density at radius 1 is 1.12 bits per heavy atom. The van der Waals surface area contributed by atoms with Crippen molar-refractivity contribution >= 4 is 6.03 Å².